The molecular weight excluding hydrogens is 461 g/mol. The predicted molar refractivity (Wildman–Crippen MR) is 134 cm³/mol. The molecule has 9 heteroatoms. The molecule has 2 N–H and O–H groups in total. The predicted octanol–water partition coefficient (Wildman–Crippen LogP) is 3.89. The van der Waals surface area contributed by atoms with Gasteiger partial charge in [-0.2, -0.15) is 4.98 Å². The topological polar surface area (TPSA) is 100 Å². The lowest BCUT2D eigenvalue weighted by Crippen LogP contribution is -2.44. The number of amides is 2. The smallest absolute Gasteiger partial charge is 0.316 e. The third-order valence-corrected chi connectivity index (χ3v) is 6.75. The second-order valence-corrected chi connectivity index (χ2v) is 9.56. The van der Waals surface area contributed by atoms with Gasteiger partial charge < -0.3 is 20.1 Å². The summed E-state index contributed by atoms with van der Waals surface area (Å²) in [6, 6.07) is 15.2. The monoisotopic (exact) mass is 493 g/mol. The Bertz CT molecular complexity index is 1190. The van der Waals surface area contributed by atoms with Crippen LogP contribution in [0.15, 0.2) is 53.1 Å². The highest BCUT2D eigenvalue weighted by Gasteiger charge is 2.30. The van der Waals surface area contributed by atoms with E-state index < -0.39 is 11.7 Å². The fourth-order valence-electron chi connectivity index (χ4n) is 5.00. The second-order valence-electron chi connectivity index (χ2n) is 9.56. The van der Waals surface area contributed by atoms with Gasteiger partial charge in [0.2, 0.25) is 11.7 Å². The van der Waals surface area contributed by atoms with E-state index in [1.807, 2.05) is 6.07 Å². The number of aryl methyl sites for hydroxylation is 1. The molecule has 1 fully saturated rings. The lowest BCUT2D eigenvalue weighted by Gasteiger charge is -2.37. The van der Waals surface area contributed by atoms with Crippen LogP contribution in [0.25, 0.3) is 11.4 Å². The first-order valence-electron chi connectivity index (χ1n) is 12.2. The van der Waals surface area contributed by atoms with Crippen LogP contribution in [0.2, 0.25) is 0 Å². The van der Waals surface area contributed by atoms with Crippen LogP contribution in [0.1, 0.15) is 53.5 Å². The Hall–Kier alpha value is -3.59. The van der Waals surface area contributed by atoms with Crippen molar-refractivity contribution in [2.45, 2.75) is 44.7 Å². The summed E-state index contributed by atoms with van der Waals surface area (Å²) in [5.41, 5.74) is 2.50. The summed E-state index contributed by atoms with van der Waals surface area (Å²) in [5, 5.41) is 9.31. The molecule has 36 heavy (non-hydrogen) atoms. The quantitative estimate of drug-likeness (QED) is 0.494. The lowest BCUT2D eigenvalue weighted by atomic mass is 9.78. The van der Waals surface area contributed by atoms with Gasteiger partial charge in [0.05, 0.1) is 6.54 Å². The molecule has 8 nitrogen and oxygen atoms in total. The number of halogens is 1. The Balaban J connectivity index is 1.25. The first-order valence-corrected chi connectivity index (χ1v) is 12.2. The number of benzene rings is 2. The van der Waals surface area contributed by atoms with Crippen molar-refractivity contribution < 1.29 is 18.5 Å². The van der Waals surface area contributed by atoms with Crippen molar-refractivity contribution in [1.29, 1.82) is 0 Å². The van der Waals surface area contributed by atoms with Gasteiger partial charge in [0.15, 0.2) is 0 Å². The van der Waals surface area contributed by atoms with Crippen molar-refractivity contribution in [3.63, 3.8) is 0 Å². The molecule has 1 unspecified atom stereocenters. The average Bonchev–Trinajstić information content (AvgIpc) is 3.36. The normalized spacial score (nSPS) is 18.6. The molecule has 1 heterocycles. The minimum atomic E-state index is -0.654. The summed E-state index contributed by atoms with van der Waals surface area (Å²) in [5.74, 6) is -1.00. The maximum atomic E-state index is 13.6. The van der Waals surface area contributed by atoms with Gasteiger partial charge in [-0.1, -0.05) is 41.6 Å². The van der Waals surface area contributed by atoms with E-state index in [9.17, 15) is 14.0 Å². The summed E-state index contributed by atoms with van der Waals surface area (Å²) >= 11 is 0. The third-order valence-electron chi connectivity index (χ3n) is 6.75. The van der Waals surface area contributed by atoms with E-state index in [2.05, 4.69) is 64.0 Å². The van der Waals surface area contributed by atoms with Crippen LogP contribution in [-0.2, 0) is 4.79 Å². The van der Waals surface area contributed by atoms with Crippen LogP contribution >= 0.6 is 0 Å². The summed E-state index contributed by atoms with van der Waals surface area (Å²) in [4.78, 5) is 31.2. The molecule has 190 valence electrons. The summed E-state index contributed by atoms with van der Waals surface area (Å²) in [6.07, 6.45) is 3.81. The highest BCUT2D eigenvalue weighted by atomic mass is 19.1. The molecule has 0 bridgehead atoms. The Kier molecular flexibility index (Phi) is 8.10. The maximum absolute atomic E-state index is 13.6. The van der Waals surface area contributed by atoms with E-state index in [1.165, 1.54) is 17.7 Å². The van der Waals surface area contributed by atoms with Crippen LogP contribution in [0.5, 0.6) is 0 Å². The number of rotatable bonds is 8. The molecular formula is C27H32FN5O3. The van der Waals surface area contributed by atoms with Gasteiger partial charge in [0.1, 0.15) is 5.82 Å². The number of hydrogen-bond donors (Lipinski definition) is 2. The Morgan fingerprint density at radius 3 is 2.53 bits per heavy atom. The number of hydrogen-bond acceptors (Lipinski definition) is 6. The van der Waals surface area contributed by atoms with Crippen molar-refractivity contribution in [1.82, 2.24) is 25.7 Å². The van der Waals surface area contributed by atoms with Crippen LogP contribution in [0, 0.1) is 18.7 Å². The van der Waals surface area contributed by atoms with Gasteiger partial charge >= 0.3 is 11.8 Å². The van der Waals surface area contributed by atoms with E-state index in [0.717, 1.165) is 31.2 Å². The Labute approximate surface area is 210 Å². The highest BCUT2D eigenvalue weighted by molar-refractivity contribution is 5.93. The summed E-state index contributed by atoms with van der Waals surface area (Å²) < 4.78 is 18.6. The zero-order valence-corrected chi connectivity index (χ0v) is 20.8. The number of nitrogens with one attached hydrogen (secondary N) is 2. The van der Waals surface area contributed by atoms with E-state index in [4.69, 9.17) is 4.52 Å². The molecule has 1 atom stereocenters. The van der Waals surface area contributed by atoms with Gasteiger partial charge in [-0.15, -0.1) is 0 Å². The molecule has 1 saturated carbocycles. The Morgan fingerprint density at radius 1 is 1.11 bits per heavy atom. The molecule has 4 rings (SSSR count). The molecule has 2 aromatic carbocycles. The van der Waals surface area contributed by atoms with E-state index >= 15 is 0 Å². The number of nitrogens with zero attached hydrogens (tertiary/aromatic N) is 3. The number of carbonyl (C=O) groups is 2. The minimum absolute atomic E-state index is 0.0789. The maximum Gasteiger partial charge on any atom is 0.316 e. The molecule has 0 spiro atoms. The third kappa shape index (κ3) is 6.15. The number of carbonyl (C=O) groups excluding carboxylic acids is 2. The van der Waals surface area contributed by atoms with E-state index in [-0.39, 0.29) is 30.2 Å². The first kappa shape index (κ1) is 25.5. The van der Waals surface area contributed by atoms with Gasteiger partial charge in [0, 0.05) is 17.6 Å². The van der Waals surface area contributed by atoms with Crippen molar-refractivity contribution in [3.8, 4) is 11.4 Å². The summed E-state index contributed by atoms with van der Waals surface area (Å²) in [7, 11) is 4.22. The van der Waals surface area contributed by atoms with Crippen LogP contribution in [-0.4, -0.2) is 53.5 Å². The van der Waals surface area contributed by atoms with Gasteiger partial charge in [0.25, 0.3) is 0 Å². The van der Waals surface area contributed by atoms with Gasteiger partial charge in [-0.05, 0) is 75.9 Å². The van der Waals surface area contributed by atoms with Gasteiger partial charge in [-0.25, -0.2) is 4.39 Å². The highest BCUT2D eigenvalue weighted by Crippen LogP contribution is 2.37. The van der Waals surface area contributed by atoms with Crippen molar-refractivity contribution in [2.75, 3.05) is 20.6 Å². The molecule has 1 aromatic heterocycles. The van der Waals surface area contributed by atoms with Crippen LogP contribution in [0.3, 0.4) is 0 Å². The number of aromatic nitrogens is 2. The largest absolute Gasteiger partial charge is 0.352 e. The SMILES string of the molecule is Cc1ccc(F)cc1-c1noc(C(=O)NCC(=O)NC2CCC(C(c3ccccc3)N(C)C)CC2)n1. The standard InChI is InChI=1S/C27H32FN5O3/c1-17-9-12-20(28)15-22(17)25-31-27(36-32-25)26(35)29-16-23(34)30-21-13-10-19(11-14-21)24(33(2)3)18-7-5-4-6-8-18/h4-9,12,15,19,21,24H,10-11,13-14,16H2,1-3H3,(H,29,35)(H,30,34). The fourth-order valence-corrected chi connectivity index (χ4v) is 5.00. The van der Waals surface area contributed by atoms with Crippen molar-refractivity contribution in [3.05, 3.63) is 71.4 Å². The average molecular weight is 494 g/mol. The second kappa shape index (κ2) is 11.4. The molecule has 0 aliphatic heterocycles. The molecule has 1 aliphatic rings. The molecule has 0 radical (unpaired) electrons. The van der Waals surface area contributed by atoms with Crippen LogP contribution < -0.4 is 10.6 Å². The molecule has 0 saturated heterocycles. The van der Waals surface area contributed by atoms with Crippen LogP contribution in [0.4, 0.5) is 4.39 Å². The minimum Gasteiger partial charge on any atom is -0.352 e. The van der Waals surface area contributed by atoms with E-state index in [1.54, 1.807) is 13.0 Å². The lowest BCUT2D eigenvalue weighted by molar-refractivity contribution is -0.121. The summed E-state index contributed by atoms with van der Waals surface area (Å²) in [6.45, 7) is 1.59. The first-order chi connectivity index (χ1) is 17.3. The van der Waals surface area contributed by atoms with E-state index in [0.29, 0.717) is 17.5 Å². The van der Waals surface area contributed by atoms with Gasteiger partial charge in [-0.3, -0.25) is 9.59 Å². The van der Waals surface area contributed by atoms with Crippen molar-refractivity contribution in [2.24, 2.45) is 5.92 Å². The zero-order chi connectivity index (χ0) is 25.7. The zero-order valence-electron chi connectivity index (χ0n) is 20.8. The molecule has 2 amide bonds. The molecule has 1 aliphatic carbocycles. The Morgan fingerprint density at radius 2 is 1.83 bits per heavy atom. The van der Waals surface area contributed by atoms with Crippen molar-refractivity contribution >= 4 is 11.8 Å². The molecule has 3 aromatic rings. The fraction of sp³-hybridized carbons (Fsp3) is 0.407.